The van der Waals surface area contributed by atoms with Crippen LogP contribution in [0.5, 0.6) is 0 Å². The molecule has 1 unspecified atom stereocenters. The third-order valence-corrected chi connectivity index (χ3v) is 6.77. The molecule has 2 aliphatic heterocycles. The number of anilines is 1. The number of hydrogen-bond acceptors (Lipinski definition) is 6. The summed E-state index contributed by atoms with van der Waals surface area (Å²) in [7, 11) is 1.41. The van der Waals surface area contributed by atoms with Gasteiger partial charge in [-0.2, -0.15) is 0 Å². The van der Waals surface area contributed by atoms with Crippen molar-refractivity contribution >= 4 is 11.6 Å². The van der Waals surface area contributed by atoms with Gasteiger partial charge in [0.2, 0.25) is 0 Å². The van der Waals surface area contributed by atoms with E-state index >= 15 is 0 Å². The van der Waals surface area contributed by atoms with Gasteiger partial charge < -0.3 is 10.6 Å². The summed E-state index contributed by atoms with van der Waals surface area (Å²) in [6.07, 6.45) is 4.77. The van der Waals surface area contributed by atoms with Crippen molar-refractivity contribution in [2.75, 3.05) is 45.0 Å². The lowest BCUT2D eigenvalue weighted by Crippen LogP contribution is -2.47. The Morgan fingerprint density at radius 2 is 1.77 bits per heavy atom. The fraction of sp³-hybridized carbons (Fsp3) is 0.783. The van der Waals surface area contributed by atoms with E-state index in [1.54, 1.807) is 0 Å². The zero-order valence-electron chi connectivity index (χ0n) is 19.6. The number of rotatable bonds is 7. The molecule has 2 saturated heterocycles. The highest BCUT2D eigenvalue weighted by atomic mass is 16.2. The summed E-state index contributed by atoms with van der Waals surface area (Å²) in [4.78, 5) is 43.0. The fourth-order valence-electron chi connectivity index (χ4n) is 4.92. The standard InChI is InChI=1S/C23H39N5O3/c1-16(2)12-28-21(24)20(22(30)25(4)23(28)31)19(29)15-27-9-5-6-18(14-27)13-26-10-7-17(3)8-11-26/h16-18H,5-15,24H2,1-4H3. The summed E-state index contributed by atoms with van der Waals surface area (Å²) < 4.78 is 2.36. The van der Waals surface area contributed by atoms with Crippen molar-refractivity contribution in [2.24, 2.45) is 24.8 Å². The van der Waals surface area contributed by atoms with E-state index in [0.717, 1.165) is 36.5 Å². The largest absolute Gasteiger partial charge is 0.384 e. The van der Waals surface area contributed by atoms with Crippen LogP contribution in [0, 0.1) is 17.8 Å². The molecule has 0 bridgehead atoms. The molecule has 0 aromatic carbocycles. The zero-order valence-corrected chi connectivity index (χ0v) is 19.6. The first-order valence-electron chi connectivity index (χ1n) is 11.7. The molecule has 31 heavy (non-hydrogen) atoms. The van der Waals surface area contributed by atoms with Crippen LogP contribution >= 0.6 is 0 Å². The number of piperidine rings is 2. The lowest BCUT2D eigenvalue weighted by atomic mass is 9.94. The monoisotopic (exact) mass is 433 g/mol. The van der Waals surface area contributed by atoms with Crippen molar-refractivity contribution < 1.29 is 4.79 Å². The average molecular weight is 434 g/mol. The molecule has 3 heterocycles. The number of Topliss-reactive ketones (excluding diaryl/α,β-unsaturated/α-hetero) is 1. The average Bonchev–Trinajstić information content (AvgIpc) is 2.71. The Hall–Kier alpha value is -1.93. The number of carbonyl (C=O) groups is 1. The fourth-order valence-corrected chi connectivity index (χ4v) is 4.92. The second kappa shape index (κ2) is 10.1. The molecule has 8 nitrogen and oxygen atoms in total. The maximum absolute atomic E-state index is 13.1. The Labute approximate surface area is 185 Å². The van der Waals surface area contributed by atoms with E-state index in [1.165, 1.54) is 44.0 Å². The Morgan fingerprint density at radius 1 is 1.10 bits per heavy atom. The van der Waals surface area contributed by atoms with Crippen molar-refractivity contribution in [3.63, 3.8) is 0 Å². The van der Waals surface area contributed by atoms with Gasteiger partial charge in [-0.05, 0) is 63.1 Å². The first kappa shape index (κ1) is 23.7. The predicted octanol–water partition coefficient (Wildman–Crippen LogP) is 1.41. The molecule has 3 rings (SSSR count). The number of aromatic nitrogens is 2. The van der Waals surface area contributed by atoms with Gasteiger partial charge in [0, 0.05) is 26.7 Å². The first-order valence-corrected chi connectivity index (χ1v) is 11.7. The molecule has 1 aromatic heterocycles. The Kier molecular flexibility index (Phi) is 7.75. The SMILES string of the molecule is CC(C)Cn1c(N)c(C(=O)CN2CCCC(CN3CCC(C)CC3)C2)c(=O)n(C)c1=O. The van der Waals surface area contributed by atoms with E-state index in [-0.39, 0.29) is 29.6 Å². The number of hydrogen-bond donors (Lipinski definition) is 1. The molecule has 1 atom stereocenters. The van der Waals surface area contributed by atoms with Crippen molar-refractivity contribution in [3.8, 4) is 0 Å². The molecule has 0 saturated carbocycles. The minimum atomic E-state index is -0.594. The van der Waals surface area contributed by atoms with Crippen LogP contribution in [-0.4, -0.2) is 64.0 Å². The minimum Gasteiger partial charge on any atom is -0.384 e. The van der Waals surface area contributed by atoms with Crippen LogP contribution in [0.4, 0.5) is 5.82 Å². The summed E-state index contributed by atoms with van der Waals surface area (Å²) in [5.41, 5.74) is 5.06. The summed E-state index contributed by atoms with van der Waals surface area (Å²) in [6, 6.07) is 0. The van der Waals surface area contributed by atoms with E-state index in [4.69, 9.17) is 5.73 Å². The highest BCUT2D eigenvalue weighted by Crippen LogP contribution is 2.22. The van der Waals surface area contributed by atoms with E-state index in [2.05, 4.69) is 16.7 Å². The molecule has 174 valence electrons. The third kappa shape index (κ3) is 5.66. The van der Waals surface area contributed by atoms with Crippen LogP contribution in [-0.2, 0) is 13.6 Å². The maximum atomic E-state index is 13.1. The van der Waals surface area contributed by atoms with Crippen molar-refractivity contribution in [3.05, 3.63) is 26.4 Å². The molecule has 2 aliphatic rings. The van der Waals surface area contributed by atoms with E-state index in [0.29, 0.717) is 12.5 Å². The number of carbonyl (C=O) groups excluding carboxylic acids is 1. The van der Waals surface area contributed by atoms with Crippen LogP contribution in [0.25, 0.3) is 0 Å². The number of likely N-dealkylation sites (tertiary alicyclic amines) is 2. The Morgan fingerprint density at radius 3 is 2.42 bits per heavy atom. The second-order valence-corrected chi connectivity index (χ2v) is 10.1. The van der Waals surface area contributed by atoms with Crippen LogP contribution in [0.2, 0.25) is 0 Å². The van der Waals surface area contributed by atoms with Gasteiger partial charge in [0.05, 0.1) is 6.54 Å². The van der Waals surface area contributed by atoms with Crippen LogP contribution < -0.4 is 17.0 Å². The maximum Gasteiger partial charge on any atom is 0.332 e. The minimum absolute atomic E-state index is 0.00259. The van der Waals surface area contributed by atoms with Gasteiger partial charge in [0.15, 0.2) is 5.78 Å². The van der Waals surface area contributed by atoms with Crippen molar-refractivity contribution in [1.29, 1.82) is 0 Å². The van der Waals surface area contributed by atoms with E-state index < -0.39 is 11.2 Å². The van der Waals surface area contributed by atoms with Gasteiger partial charge in [-0.15, -0.1) is 0 Å². The van der Waals surface area contributed by atoms with Crippen molar-refractivity contribution in [1.82, 2.24) is 18.9 Å². The summed E-state index contributed by atoms with van der Waals surface area (Å²) in [5, 5.41) is 0. The molecular weight excluding hydrogens is 394 g/mol. The van der Waals surface area contributed by atoms with Gasteiger partial charge in [-0.1, -0.05) is 20.8 Å². The second-order valence-electron chi connectivity index (χ2n) is 10.1. The Bertz CT molecular complexity index is 896. The smallest absolute Gasteiger partial charge is 0.332 e. The van der Waals surface area contributed by atoms with Gasteiger partial charge in [-0.3, -0.25) is 23.6 Å². The number of ketones is 1. The van der Waals surface area contributed by atoms with Crippen LogP contribution in [0.1, 0.15) is 56.8 Å². The van der Waals surface area contributed by atoms with Crippen LogP contribution in [0.3, 0.4) is 0 Å². The summed E-state index contributed by atoms with van der Waals surface area (Å²) in [6.45, 7) is 11.9. The number of nitrogens with two attached hydrogens (primary N) is 1. The van der Waals surface area contributed by atoms with Crippen LogP contribution in [0.15, 0.2) is 9.59 Å². The third-order valence-electron chi connectivity index (χ3n) is 6.77. The zero-order chi connectivity index (χ0) is 22.7. The normalized spacial score (nSPS) is 21.6. The lowest BCUT2D eigenvalue weighted by Gasteiger charge is -2.37. The lowest BCUT2D eigenvalue weighted by molar-refractivity contribution is 0.0830. The summed E-state index contributed by atoms with van der Waals surface area (Å²) >= 11 is 0. The number of nitrogen functional groups attached to an aromatic ring is 1. The molecule has 0 amide bonds. The number of nitrogens with zero attached hydrogens (tertiary/aromatic N) is 4. The van der Waals surface area contributed by atoms with E-state index in [9.17, 15) is 14.4 Å². The van der Waals surface area contributed by atoms with Gasteiger partial charge in [0.1, 0.15) is 11.4 Å². The predicted molar refractivity (Wildman–Crippen MR) is 124 cm³/mol. The highest BCUT2D eigenvalue weighted by Gasteiger charge is 2.28. The van der Waals surface area contributed by atoms with E-state index in [1.807, 2.05) is 13.8 Å². The van der Waals surface area contributed by atoms with Gasteiger partial charge in [-0.25, -0.2) is 4.79 Å². The molecule has 1 aromatic rings. The topological polar surface area (TPSA) is 93.6 Å². The molecule has 8 heteroatoms. The first-order chi connectivity index (χ1) is 14.7. The molecule has 2 fully saturated rings. The molecule has 2 N–H and O–H groups in total. The van der Waals surface area contributed by atoms with Gasteiger partial charge in [0.25, 0.3) is 5.56 Å². The molecule has 0 aliphatic carbocycles. The molecule has 0 radical (unpaired) electrons. The quantitative estimate of drug-likeness (QED) is 0.654. The molecule has 0 spiro atoms. The Balaban J connectivity index is 1.70. The van der Waals surface area contributed by atoms with Crippen molar-refractivity contribution in [2.45, 2.75) is 53.0 Å². The van der Waals surface area contributed by atoms with Gasteiger partial charge >= 0.3 is 5.69 Å². The molecular formula is C23H39N5O3. The summed E-state index contributed by atoms with van der Waals surface area (Å²) in [5.74, 6) is 1.25. The highest BCUT2D eigenvalue weighted by molar-refractivity contribution is 6.01.